The summed E-state index contributed by atoms with van der Waals surface area (Å²) in [4.78, 5) is 24.3. The Hall–Kier alpha value is -2.72. The van der Waals surface area contributed by atoms with Crippen LogP contribution in [0, 0.1) is 5.82 Å². The Labute approximate surface area is 167 Å². The number of ether oxygens (including phenoxy) is 1. The van der Waals surface area contributed by atoms with Gasteiger partial charge in [-0.1, -0.05) is 12.1 Å². The molecule has 0 aliphatic carbocycles. The van der Waals surface area contributed by atoms with Crippen molar-refractivity contribution in [2.45, 2.75) is 31.6 Å². The summed E-state index contributed by atoms with van der Waals surface area (Å²) in [5.74, 6) is -1.19. The highest BCUT2D eigenvalue weighted by molar-refractivity contribution is 7.92. The van der Waals surface area contributed by atoms with Gasteiger partial charge in [-0.05, 0) is 38.0 Å². The van der Waals surface area contributed by atoms with Crippen LogP contribution in [0.3, 0.4) is 0 Å². The Morgan fingerprint density at radius 2 is 1.93 bits per heavy atom. The van der Waals surface area contributed by atoms with Crippen LogP contribution in [0.25, 0.3) is 11.1 Å². The predicted molar refractivity (Wildman–Crippen MR) is 105 cm³/mol. The van der Waals surface area contributed by atoms with Crippen molar-refractivity contribution in [2.75, 3.05) is 12.9 Å². The van der Waals surface area contributed by atoms with Gasteiger partial charge in [0.1, 0.15) is 11.6 Å². The second-order valence-corrected chi connectivity index (χ2v) is 9.16. The van der Waals surface area contributed by atoms with Gasteiger partial charge in [0.25, 0.3) is 11.5 Å². The number of halogens is 1. The summed E-state index contributed by atoms with van der Waals surface area (Å²) in [6, 6.07) is 7.68. The highest BCUT2D eigenvalue weighted by Gasteiger charge is 2.43. The number of nitrogens with one attached hydrogen (secondary N) is 1. The molecule has 2 rings (SSSR count). The first-order chi connectivity index (χ1) is 13.5. The van der Waals surface area contributed by atoms with Crippen LogP contribution in [0.2, 0.25) is 0 Å². The van der Waals surface area contributed by atoms with Crippen molar-refractivity contribution in [1.82, 2.24) is 10.0 Å². The zero-order chi connectivity index (χ0) is 21.8. The average Bonchev–Trinajstić information content (AvgIpc) is 2.67. The molecular weight excluding hydrogens is 403 g/mol. The summed E-state index contributed by atoms with van der Waals surface area (Å²) in [6.07, 6.45) is 1.48. The number of hydrogen-bond acceptors (Lipinski definition) is 6. The standard InChI is InChI=1S/C19H23FN2O6S/c1-4-28-14-7-5-13(6-8-14)15-11-17(23)22(12-16(15)20)10-9-19(2,18(24)21-25)29(3,26)27/h5-8,11-12,25H,4,9-10H2,1-3H3,(H,21,24)/t19-/m1/s1. The minimum Gasteiger partial charge on any atom is -0.494 e. The van der Waals surface area contributed by atoms with Crippen LogP contribution in [0.4, 0.5) is 4.39 Å². The zero-order valence-corrected chi connectivity index (χ0v) is 17.1. The van der Waals surface area contributed by atoms with E-state index in [1.54, 1.807) is 24.3 Å². The third-order valence-electron chi connectivity index (χ3n) is 4.78. The lowest BCUT2D eigenvalue weighted by Crippen LogP contribution is -2.50. The smallest absolute Gasteiger partial charge is 0.264 e. The average molecular weight is 426 g/mol. The van der Waals surface area contributed by atoms with Crippen LogP contribution in [0.1, 0.15) is 20.3 Å². The number of pyridine rings is 1. The van der Waals surface area contributed by atoms with E-state index in [0.29, 0.717) is 17.9 Å². The molecule has 0 radical (unpaired) electrons. The molecule has 29 heavy (non-hydrogen) atoms. The molecule has 1 amide bonds. The van der Waals surface area contributed by atoms with Crippen molar-refractivity contribution >= 4 is 15.7 Å². The molecule has 158 valence electrons. The number of carbonyl (C=O) groups is 1. The van der Waals surface area contributed by atoms with Crippen LogP contribution in [0.15, 0.2) is 41.3 Å². The SMILES string of the molecule is CCOc1ccc(-c2cc(=O)n(CC[C@](C)(C(=O)NO)S(C)(=O)=O)cc2F)cc1. The van der Waals surface area contributed by atoms with Crippen LogP contribution < -0.4 is 15.8 Å². The molecule has 0 spiro atoms. The lowest BCUT2D eigenvalue weighted by Gasteiger charge is -2.25. The van der Waals surface area contributed by atoms with E-state index < -0.39 is 31.9 Å². The second kappa shape index (κ2) is 8.75. The summed E-state index contributed by atoms with van der Waals surface area (Å²) in [5, 5.41) is 8.84. The largest absolute Gasteiger partial charge is 0.494 e. The van der Waals surface area contributed by atoms with E-state index in [1.807, 2.05) is 6.92 Å². The number of carbonyl (C=O) groups excluding carboxylic acids is 1. The van der Waals surface area contributed by atoms with Gasteiger partial charge >= 0.3 is 0 Å². The summed E-state index contributed by atoms with van der Waals surface area (Å²) in [5.41, 5.74) is 1.34. The van der Waals surface area contributed by atoms with E-state index in [9.17, 15) is 22.4 Å². The Balaban J connectivity index is 2.32. The zero-order valence-electron chi connectivity index (χ0n) is 16.3. The lowest BCUT2D eigenvalue weighted by molar-refractivity contribution is -0.131. The fraction of sp³-hybridized carbons (Fsp3) is 0.368. The molecule has 2 N–H and O–H groups in total. The quantitative estimate of drug-likeness (QED) is 0.491. The number of aromatic nitrogens is 1. The van der Waals surface area contributed by atoms with E-state index in [2.05, 4.69) is 0 Å². The Morgan fingerprint density at radius 3 is 2.45 bits per heavy atom. The summed E-state index contributed by atoms with van der Waals surface area (Å²) < 4.78 is 42.9. The number of benzene rings is 1. The molecule has 1 atom stereocenters. The highest BCUT2D eigenvalue weighted by Crippen LogP contribution is 2.25. The van der Waals surface area contributed by atoms with Gasteiger partial charge in [0, 0.05) is 30.6 Å². The topological polar surface area (TPSA) is 115 Å². The molecule has 0 fully saturated rings. The fourth-order valence-corrected chi connectivity index (χ4v) is 3.60. The maximum absolute atomic E-state index is 14.6. The molecule has 1 heterocycles. The summed E-state index contributed by atoms with van der Waals surface area (Å²) in [7, 11) is -3.92. The number of sulfone groups is 1. The number of rotatable bonds is 8. The molecule has 0 bridgehead atoms. The molecule has 0 unspecified atom stereocenters. The Kier molecular flexibility index (Phi) is 6.81. The second-order valence-electron chi connectivity index (χ2n) is 6.72. The van der Waals surface area contributed by atoms with Crippen molar-refractivity contribution in [2.24, 2.45) is 0 Å². The minimum absolute atomic E-state index is 0.0910. The monoisotopic (exact) mass is 426 g/mol. The van der Waals surface area contributed by atoms with Crippen LogP contribution in [-0.2, 0) is 21.2 Å². The van der Waals surface area contributed by atoms with Gasteiger partial charge < -0.3 is 9.30 Å². The number of nitrogens with zero attached hydrogens (tertiary/aromatic N) is 1. The van der Waals surface area contributed by atoms with Gasteiger partial charge in [-0.25, -0.2) is 18.3 Å². The van der Waals surface area contributed by atoms with Gasteiger partial charge in [0.05, 0.1) is 6.61 Å². The lowest BCUT2D eigenvalue weighted by atomic mass is 10.1. The van der Waals surface area contributed by atoms with Crippen molar-refractivity contribution in [3.63, 3.8) is 0 Å². The maximum atomic E-state index is 14.6. The molecule has 0 aliphatic heterocycles. The molecule has 0 saturated carbocycles. The maximum Gasteiger partial charge on any atom is 0.264 e. The molecule has 1 aromatic carbocycles. The first kappa shape index (κ1) is 22.6. The first-order valence-corrected chi connectivity index (χ1v) is 10.7. The number of hydroxylamine groups is 1. The summed E-state index contributed by atoms with van der Waals surface area (Å²) >= 11 is 0. The van der Waals surface area contributed by atoms with Gasteiger partial charge in [-0.15, -0.1) is 0 Å². The Bertz CT molecular complexity index is 1050. The van der Waals surface area contributed by atoms with Crippen molar-refractivity contribution in [3.05, 3.63) is 52.7 Å². The van der Waals surface area contributed by atoms with E-state index in [-0.39, 0.29) is 18.5 Å². The molecule has 0 saturated heterocycles. The van der Waals surface area contributed by atoms with E-state index in [4.69, 9.17) is 9.94 Å². The normalized spacial score (nSPS) is 13.6. The third kappa shape index (κ3) is 4.83. The van der Waals surface area contributed by atoms with Crippen LogP contribution in [0.5, 0.6) is 5.75 Å². The first-order valence-electron chi connectivity index (χ1n) is 8.81. The molecule has 0 aliphatic rings. The number of amides is 1. The molecular formula is C19H23FN2O6S. The summed E-state index contributed by atoms with van der Waals surface area (Å²) in [6.45, 7) is 3.22. The van der Waals surface area contributed by atoms with E-state index in [0.717, 1.165) is 30.0 Å². The molecule has 1 aromatic heterocycles. The van der Waals surface area contributed by atoms with Crippen molar-refractivity contribution in [3.8, 4) is 16.9 Å². The van der Waals surface area contributed by atoms with Gasteiger partial charge in [-0.3, -0.25) is 14.8 Å². The Morgan fingerprint density at radius 1 is 1.31 bits per heavy atom. The predicted octanol–water partition coefficient (Wildman–Crippen LogP) is 1.75. The van der Waals surface area contributed by atoms with Gasteiger partial charge in [-0.2, -0.15) is 0 Å². The van der Waals surface area contributed by atoms with Gasteiger partial charge in [0.2, 0.25) is 0 Å². The minimum atomic E-state index is -3.92. The van der Waals surface area contributed by atoms with Crippen molar-refractivity contribution in [1.29, 1.82) is 0 Å². The fourth-order valence-electron chi connectivity index (χ4n) is 2.76. The van der Waals surface area contributed by atoms with E-state index in [1.165, 1.54) is 5.48 Å². The molecule has 8 nitrogen and oxygen atoms in total. The van der Waals surface area contributed by atoms with Crippen LogP contribution in [-0.4, -0.2) is 41.7 Å². The number of aryl methyl sites for hydroxylation is 1. The highest BCUT2D eigenvalue weighted by atomic mass is 32.2. The molecule has 2 aromatic rings. The third-order valence-corrected chi connectivity index (χ3v) is 6.81. The van der Waals surface area contributed by atoms with Crippen LogP contribution >= 0.6 is 0 Å². The van der Waals surface area contributed by atoms with Crippen molar-refractivity contribution < 1.29 is 27.5 Å². The van der Waals surface area contributed by atoms with E-state index >= 15 is 0 Å². The van der Waals surface area contributed by atoms with Gasteiger partial charge in [0.15, 0.2) is 14.6 Å². The number of hydrogen-bond donors (Lipinski definition) is 2. The molecule has 10 heteroatoms.